The highest BCUT2D eigenvalue weighted by Crippen LogP contribution is 2.20. The molecule has 0 aliphatic heterocycles. The van der Waals surface area contributed by atoms with Gasteiger partial charge in [0.2, 0.25) is 5.82 Å². The van der Waals surface area contributed by atoms with E-state index in [0.717, 1.165) is 16.5 Å². The second kappa shape index (κ2) is 5.94. The maximum absolute atomic E-state index is 13.3. The number of halogens is 1. The number of hydrogen-bond donors (Lipinski definition) is 0. The fourth-order valence-corrected chi connectivity index (χ4v) is 2.67. The first-order chi connectivity index (χ1) is 12.1. The molecule has 0 aliphatic carbocycles. The topological polar surface area (TPSA) is 73.8 Å². The van der Waals surface area contributed by atoms with Crippen LogP contribution in [0.4, 0.5) is 4.39 Å². The summed E-state index contributed by atoms with van der Waals surface area (Å²) in [5.74, 6) is -0.0431. The third-order valence-electron chi connectivity index (χ3n) is 3.83. The molecule has 0 amide bonds. The summed E-state index contributed by atoms with van der Waals surface area (Å²) in [5.41, 5.74) is 2.36. The van der Waals surface area contributed by atoms with E-state index in [4.69, 9.17) is 4.42 Å². The normalized spacial score (nSPS) is 11.1. The molecule has 0 fully saturated rings. The smallest absolute Gasteiger partial charge is 0.336 e. The van der Waals surface area contributed by atoms with Crippen molar-refractivity contribution in [2.45, 2.75) is 13.5 Å². The van der Waals surface area contributed by atoms with Crippen LogP contribution in [0, 0.1) is 12.7 Å². The van der Waals surface area contributed by atoms with E-state index in [0.29, 0.717) is 17.0 Å². The summed E-state index contributed by atoms with van der Waals surface area (Å²) >= 11 is 0. The molecule has 124 valence electrons. The predicted molar refractivity (Wildman–Crippen MR) is 89.5 cm³/mol. The number of aryl methyl sites for hydroxylation is 1. The lowest BCUT2D eigenvalue weighted by molar-refractivity contribution is 0.545. The second-order valence-corrected chi connectivity index (χ2v) is 5.74. The van der Waals surface area contributed by atoms with E-state index in [1.807, 2.05) is 25.1 Å². The Bertz CT molecular complexity index is 1130. The minimum Gasteiger partial charge on any atom is -0.423 e. The Labute approximate surface area is 141 Å². The molecule has 2 aromatic heterocycles. The van der Waals surface area contributed by atoms with Crippen molar-refractivity contribution < 1.29 is 8.81 Å². The highest BCUT2D eigenvalue weighted by molar-refractivity contribution is 5.80. The molecule has 0 spiro atoms. The van der Waals surface area contributed by atoms with Crippen LogP contribution in [0.3, 0.4) is 0 Å². The third-order valence-corrected chi connectivity index (χ3v) is 3.83. The molecule has 6 nitrogen and oxygen atoms in total. The van der Waals surface area contributed by atoms with E-state index in [1.165, 1.54) is 23.0 Å². The first kappa shape index (κ1) is 15.2. The minimum absolute atomic E-state index is 0.257. The van der Waals surface area contributed by atoms with Crippen LogP contribution in [-0.2, 0) is 6.54 Å². The molecule has 7 heteroatoms. The Morgan fingerprint density at radius 3 is 2.88 bits per heavy atom. The number of tetrazole rings is 1. The first-order valence-electron chi connectivity index (χ1n) is 7.66. The minimum atomic E-state index is -0.432. The van der Waals surface area contributed by atoms with Gasteiger partial charge in [0.1, 0.15) is 11.4 Å². The van der Waals surface area contributed by atoms with Crippen molar-refractivity contribution >= 4 is 11.0 Å². The quantitative estimate of drug-likeness (QED) is 0.538. The van der Waals surface area contributed by atoms with E-state index < -0.39 is 5.63 Å². The van der Waals surface area contributed by atoms with E-state index in [2.05, 4.69) is 15.4 Å². The SMILES string of the molecule is Cc1ccc2c(Cn3nnc(-c4cccc(F)c4)n3)cc(=O)oc2c1. The molecule has 2 heterocycles. The second-order valence-electron chi connectivity index (χ2n) is 5.74. The zero-order chi connectivity index (χ0) is 17.4. The number of aromatic nitrogens is 4. The molecule has 0 atom stereocenters. The molecule has 0 N–H and O–H groups in total. The van der Waals surface area contributed by atoms with Crippen LogP contribution in [0.5, 0.6) is 0 Å². The Balaban J connectivity index is 1.72. The fraction of sp³-hybridized carbons (Fsp3) is 0.111. The van der Waals surface area contributed by atoms with Crippen molar-refractivity contribution in [3.8, 4) is 11.4 Å². The van der Waals surface area contributed by atoms with Gasteiger partial charge in [-0.25, -0.2) is 9.18 Å². The van der Waals surface area contributed by atoms with Gasteiger partial charge in [-0.15, -0.1) is 10.2 Å². The van der Waals surface area contributed by atoms with Crippen LogP contribution in [-0.4, -0.2) is 20.2 Å². The van der Waals surface area contributed by atoms with Crippen molar-refractivity contribution in [3.63, 3.8) is 0 Å². The summed E-state index contributed by atoms with van der Waals surface area (Å²) in [6.45, 7) is 2.18. The molecule has 0 aliphatic rings. The van der Waals surface area contributed by atoms with Crippen LogP contribution in [0.25, 0.3) is 22.4 Å². The van der Waals surface area contributed by atoms with Gasteiger partial charge in [-0.1, -0.05) is 24.3 Å². The van der Waals surface area contributed by atoms with Crippen molar-refractivity contribution in [1.82, 2.24) is 20.2 Å². The molecule has 4 aromatic rings. The highest BCUT2D eigenvalue weighted by atomic mass is 19.1. The summed E-state index contributed by atoms with van der Waals surface area (Å²) in [5, 5.41) is 13.0. The van der Waals surface area contributed by atoms with Gasteiger partial charge >= 0.3 is 5.63 Å². The fourth-order valence-electron chi connectivity index (χ4n) is 2.67. The lowest BCUT2D eigenvalue weighted by Gasteiger charge is -2.05. The summed E-state index contributed by atoms with van der Waals surface area (Å²) in [4.78, 5) is 13.2. The van der Waals surface area contributed by atoms with Gasteiger partial charge in [-0.05, 0) is 41.5 Å². The summed E-state index contributed by atoms with van der Waals surface area (Å²) in [6.07, 6.45) is 0. The van der Waals surface area contributed by atoms with Gasteiger partial charge in [0.25, 0.3) is 0 Å². The predicted octanol–water partition coefficient (Wildman–Crippen LogP) is 2.94. The molecule has 0 unspecified atom stereocenters. The number of hydrogen-bond acceptors (Lipinski definition) is 5. The van der Waals surface area contributed by atoms with E-state index in [1.54, 1.807) is 12.1 Å². The lowest BCUT2D eigenvalue weighted by Crippen LogP contribution is -2.08. The van der Waals surface area contributed by atoms with Gasteiger partial charge in [0.05, 0.1) is 6.54 Å². The summed E-state index contributed by atoms with van der Waals surface area (Å²) < 4.78 is 18.6. The Morgan fingerprint density at radius 1 is 1.16 bits per heavy atom. The Morgan fingerprint density at radius 2 is 2.04 bits per heavy atom. The number of benzene rings is 2. The first-order valence-corrected chi connectivity index (χ1v) is 7.66. The van der Waals surface area contributed by atoms with Crippen LogP contribution in [0.1, 0.15) is 11.1 Å². The van der Waals surface area contributed by atoms with Gasteiger partial charge < -0.3 is 4.42 Å². The average Bonchev–Trinajstić information content (AvgIpc) is 3.03. The van der Waals surface area contributed by atoms with E-state index >= 15 is 0 Å². The van der Waals surface area contributed by atoms with Gasteiger partial charge in [0, 0.05) is 17.0 Å². The maximum atomic E-state index is 13.3. The molecular formula is C18H13FN4O2. The van der Waals surface area contributed by atoms with Crippen LogP contribution in [0.15, 0.2) is 57.7 Å². The third kappa shape index (κ3) is 3.03. The highest BCUT2D eigenvalue weighted by Gasteiger charge is 2.10. The molecule has 0 bridgehead atoms. The molecular weight excluding hydrogens is 323 g/mol. The molecule has 0 radical (unpaired) electrons. The molecule has 0 saturated heterocycles. The molecule has 4 rings (SSSR count). The number of fused-ring (bicyclic) bond motifs is 1. The Hall–Kier alpha value is -3.35. The standard InChI is InChI=1S/C18H13FN4O2/c1-11-5-6-15-13(9-17(24)25-16(15)7-11)10-23-21-18(20-22-23)12-3-2-4-14(19)8-12/h2-9H,10H2,1H3. The summed E-state index contributed by atoms with van der Waals surface area (Å²) in [7, 11) is 0. The van der Waals surface area contributed by atoms with Crippen molar-refractivity contribution in [3.05, 3.63) is 75.9 Å². The van der Waals surface area contributed by atoms with Crippen molar-refractivity contribution in [2.24, 2.45) is 0 Å². The van der Waals surface area contributed by atoms with Crippen molar-refractivity contribution in [2.75, 3.05) is 0 Å². The average molecular weight is 336 g/mol. The van der Waals surface area contributed by atoms with E-state index in [9.17, 15) is 9.18 Å². The number of nitrogens with zero attached hydrogens (tertiary/aromatic N) is 4. The maximum Gasteiger partial charge on any atom is 0.336 e. The largest absolute Gasteiger partial charge is 0.423 e. The lowest BCUT2D eigenvalue weighted by atomic mass is 10.1. The van der Waals surface area contributed by atoms with Crippen LogP contribution < -0.4 is 5.63 Å². The summed E-state index contributed by atoms with van der Waals surface area (Å²) in [6, 6.07) is 13.1. The molecule has 2 aromatic carbocycles. The molecule has 0 saturated carbocycles. The van der Waals surface area contributed by atoms with Crippen molar-refractivity contribution in [1.29, 1.82) is 0 Å². The van der Waals surface area contributed by atoms with Crippen LogP contribution >= 0.6 is 0 Å². The van der Waals surface area contributed by atoms with Gasteiger partial charge in [0.15, 0.2) is 0 Å². The zero-order valence-corrected chi connectivity index (χ0v) is 13.3. The zero-order valence-electron chi connectivity index (χ0n) is 13.3. The van der Waals surface area contributed by atoms with E-state index in [-0.39, 0.29) is 12.4 Å². The Kier molecular flexibility index (Phi) is 3.61. The van der Waals surface area contributed by atoms with Gasteiger partial charge in [-0.2, -0.15) is 4.80 Å². The van der Waals surface area contributed by atoms with Crippen LogP contribution in [0.2, 0.25) is 0 Å². The number of rotatable bonds is 3. The molecule has 25 heavy (non-hydrogen) atoms. The monoisotopic (exact) mass is 336 g/mol. The van der Waals surface area contributed by atoms with Gasteiger partial charge in [-0.3, -0.25) is 0 Å².